The summed E-state index contributed by atoms with van der Waals surface area (Å²) < 4.78 is 7.41. The van der Waals surface area contributed by atoms with E-state index in [0.29, 0.717) is 21.4 Å². The van der Waals surface area contributed by atoms with Crippen LogP contribution in [0, 0.1) is 6.92 Å². The molecule has 124 valence electrons. The number of ether oxygens (including phenoxy) is 1. The quantitative estimate of drug-likeness (QED) is 0.500. The molecule has 0 saturated heterocycles. The molecular formula is C19H13ClN2O2S. The van der Waals surface area contributed by atoms with Crippen molar-refractivity contribution in [3.05, 3.63) is 81.0 Å². The first-order valence-corrected chi connectivity index (χ1v) is 8.89. The topological polar surface area (TPSA) is 43.6 Å². The van der Waals surface area contributed by atoms with Crippen molar-refractivity contribution < 1.29 is 4.74 Å². The Morgan fingerprint density at radius 2 is 1.80 bits per heavy atom. The number of benzene rings is 2. The van der Waals surface area contributed by atoms with Crippen LogP contribution in [0.15, 0.2) is 64.8 Å². The third-order valence-electron chi connectivity index (χ3n) is 3.80. The predicted molar refractivity (Wildman–Crippen MR) is 101 cm³/mol. The summed E-state index contributed by atoms with van der Waals surface area (Å²) >= 11 is 7.33. The van der Waals surface area contributed by atoms with E-state index >= 15 is 0 Å². The number of hydrogen-bond acceptors (Lipinski definition) is 4. The molecule has 2 aromatic carbocycles. The van der Waals surface area contributed by atoms with Crippen molar-refractivity contribution in [2.75, 3.05) is 0 Å². The van der Waals surface area contributed by atoms with Crippen molar-refractivity contribution in [2.24, 2.45) is 0 Å². The Morgan fingerprint density at radius 1 is 1.08 bits per heavy atom. The molecule has 0 amide bonds. The highest BCUT2D eigenvalue weighted by molar-refractivity contribution is 7.15. The second-order valence-corrected chi connectivity index (χ2v) is 6.77. The third-order valence-corrected chi connectivity index (χ3v) is 4.88. The van der Waals surface area contributed by atoms with Crippen LogP contribution in [0.2, 0.25) is 5.02 Å². The standard InChI is InChI=1S/C19H13ClN2O2S/c1-12-17(24-15-9-7-14(20)8-10-15)18(23)22-16(11-25-19(22)21-12)13-5-3-2-4-6-13/h2-11H,1H3. The van der Waals surface area contributed by atoms with E-state index < -0.39 is 0 Å². The number of fused-ring (bicyclic) bond motifs is 1. The van der Waals surface area contributed by atoms with Gasteiger partial charge in [-0.2, -0.15) is 0 Å². The fourth-order valence-corrected chi connectivity index (χ4v) is 3.65. The summed E-state index contributed by atoms with van der Waals surface area (Å²) in [7, 11) is 0. The van der Waals surface area contributed by atoms with Crippen molar-refractivity contribution in [2.45, 2.75) is 6.92 Å². The van der Waals surface area contributed by atoms with Crippen LogP contribution in [0.3, 0.4) is 0 Å². The van der Waals surface area contributed by atoms with Crippen molar-refractivity contribution in [1.29, 1.82) is 0 Å². The van der Waals surface area contributed by atoms with E-state index in [4.69, 9.17) is 16.3 Å². The zero-order valence-electron chi connectivity index (χ0n) is 13.3. The molecule has 0 spiro atoms. The highest BCUT2D eigenvalue weighted by Gasteiger charge is 2.16. The Bertz CT molecular complexity index is 1100. The SMILES string of the molecule is Cc1nc2scc(-c3ccccc3)n2c(=O)c1Oc1ccc(Cl)cc1. The van der Waals surface area contributed by atoms with Gasteiger partial charge in [0.15, 0.2) is 4.96 Å². The fraction of sp³-hybridized carbons (Fsp3) is 0.0526. The summed E-state index contributed by atoms with van der Waals surface area (Å²) in [6, 6.07) is 16.6. The molecule has 4 aromatic rings. The second-order valence-electron chi connectivity index (χ2n) is 5.49. The van der Waals surface area contributed by atoms with Gasteiger partial charge in [-0.15, -0.1) is 11.3 Å². The largest absolute Gasteiger partial charge is 0.450 e. The van der Waals surface area contributed by atoms with Crippen LogP contribution in [0.1, 0.15) is 5.69 Å². The van der Waals surface area contributed by atoms with Crippen LogP contribution in [-0.2, 0) is 0 Å². The Balaban J connectivity index is 1.88. The van der Waals surface area contributed by atoms with E-state index in [1.165, 1.54) is 11.3 Å². The van der Waals surface area contributed by atoms with Gasteiger partial charge >= 0.3 is 5.56 Å². The molecule has 25 heavy (non-hydrogen) atoms. The Hall–Kier alpha value is -2.63. The first-order chi connectivity index (χ1) is 12.1. The van der Waals surface area contributed by atoms with Crippen molar-refractivity contribution in [1.82, 2.24) is 9.38 Å². The number of aromatic nitrogens is 2. The molecule has 6 heteroatoms. The Labute approximate surface area is 152 Å². The van der Waals surface area contributed by atoms with Gasteiger partial charge in [0.1, 0.15) is 5.75 Å². The minimum atomic E-state index is -0.224. The molecule has 0 fully saturated rings. The summed E-state index contributed by atoms with van der Waals surface area (Å²) in [5.41, 5.74) is 2.09. The molecule has 0 aliphatic rings. The first kappa shape index (κ1) is 15.9. The Morgan fingerprint density at radius 3 is 2.52 bits per heavy atom. The Kier molecular flexibility index (Phi) is 4.03. The van der Waals surface area contributed by atoms with Crippen LogP contribution < -0.4 is 10.3 Å². The lowest BCUT2D eigenvalue weighted by atomic mass is 10.2. The van der Waals surface area contributed by atoms with Crippen LogP contribution >= 0.6 is 22.9 Å². The first-order valence-electron chi connectivity index (χ1n) is 7.63. The van der Waals surface area contributed by atoms with Gasteiger partial charge in [0.25, 0.3) is 0 Å². The molecule has 0 saturated carbocycles. The van der Waals surface area contributed by atoms with Gasteiger partial charge in [-0.25, -0.2) is 9.38 Å². The molecule has 0 aliphatic carbocycles. The van der Waals surface area contributed by atoms with E-state index in [-0.39, 0.29) is 11.3 Å². The number of hydrogen-bond donors (Lipinski definition) is 0. The zero-order chi connectivity index (χ0) is 17.4. The van der Waals surface area contributed by atoms with Gasteiger partial charge in [0.2, 0.25) is 5.75 Å². The van der Waals surface area contributed by atoms with Gasteiger partial charge in [0, 0.05) is 10.4 Å². The highest BCUT2D eigenvalue weighted by Crippen LogP contribution is 2.27. The third kappa shape index (κ3) is 2.92. The normalized spacial score (nSPS) is 11.0. The van der Waals surface area contributed by atoms with Crippen LogP contribution in [0.4, 0.5) is 0 Å². The number of halogens is 1. The second kappa shape index (κ2) is 6.35. The molecule has 0 radical (unpaired) electrons. The van der Waals surface area contributed by atoms with Crippen LogP contribution in [-0.4, -0.2) is 9.38 Å². The zero-order valence-corrected chi connectivity index (χ0v) is 14.8. The fourth-order valence-electron chi connectivity index (χ4n) is 2.58. The minimum Gasteiger partial charge on any atom is -0.450 e. The molecule has 0 N–H and O–H groups in total. The van der Waals surface area contributed by atoms with E-state index in [0.717, 1.165) is 11.3 Å². The van der Waals surface area contributed by atoms with E-state index in [1.807, 2.05) is 35.7 Å². The lowest BCUT2D eigenvalue weighted by Gasteiger charge is -2.09. The summed E-state index contributed by atoms with van der Waals surface area (Å²) in [6.45, 7) is 1.77. The molecule has 4 rings (SSSR count). The van der Waals surface area contributed by atoms with E-state index in [9.17, 15) is 4.79 Å². The summed E-state index contributed by atoms with van der Waals surface area (Å²) in [5.74, 6) is 0.762. The molecule has 2 heterocycles. The maximum absolute atomic E-state index is 13.1. The molecule has 4 nitrogen and oxygen atoms in total. The number of thiazole rings is 1. The molecular weight excluding hydrogens is 356 g/mol. The average molecular weight is 369 g/mol. The minimum absolute atomic E-state index is 0.218. The number of aryl methyl sites for hydroxylation is 1. The van der Waals surface area contributed by atoms with E-state index in [2.05, 4.69) is 4.98 Å². The van der Waals surface area contributed by atoms with Crippen LogP contribution in [0.25, 0.3) is 16.2 Å². The van der Waals surface area contributed by atoms with Crippen molar-refractivity contribution in [3.8, 4) is 22.8 Å². The van der Waals surface area contributed by atoms with Gasteiger partial charge in [0.05, 0.1) is 11.4 Å². The van der Waals surface area contributed by atoms with Gasteiger partial charge in [-0.3, -0.25) is 4.79 Å². The maximum Gasteiger partial charge on any atom is 0.302 e. The van der Waals surface area contributed by atoms with Crippen LogP contribution in [0.5, 0.6) is 11.5 Å². The van der Waals surface area contributed by atoms with Gasteiger partial charge in [-0.1, -0.05) is 41.9 Å². The molecule has 0 bridgehead atoms. The summed E-state index contributed by atoms with van der Waals surface area (Å²) in [6.07, 6.45) is 0. The molecule has 0 aliphatic heterocycles. The average Bonchev–Trinajstić information content (AvgIpc) is 3.05. The molecule has 2 aromatic heterocycles. The monoisotopic (exact) mass is 368 g/mol. The summed E-state index contributed by atoms with van der Waals surface area (Å²) in [4.78, 5) is 18.2. The van der Waals surface area contributed by atoms with Crippen molar-refractivity contribution >= 4 is 27.9 Å². The summed E-state index contributed by atoms with van der Waals surface area (Å²) in [5, 5.41) is 2.54. The highest BCUT2D eigenvalue weighted by atomic mass is 35.5. The number of nitrogens with zero attached hydrogens (tertiary/aromatic N) is 2. The molecule has 0 unspecified atom stereocenters. The predicted octanol–water partition coefficient (Wildman–Crippen LogP) is 5.18. The number of rotatable bonds is 3. The lowest BCUT2D eigenvalue weighted by molar-refractivity contribution is 0.466. The van der Waals surface area contributed by atoms with E-state index in [1.54, 1.807) is 35.6 Å². The molecule has 0 atom stereocenters. The van der Waals surface area contributed by atoms with Gasteiger partial charge in [-0.05, 0) is 36.8 Å². The smallest absolute Gasteiger partial charge is 0.302 e. The maximum atomic E-state index is 13.1. The van der Waals surface area contributed by atoms with Gasteiger partial charge < -0.3 is 4.74 Å². The van der Waals surface area contributed by atoms with Crippen molar-refractivity contribution in [3.63, 3.8) is 0 Å². The lowest BCUT2D eigenvalue weighted by Crippen LogP contribution is -2.17.